The molecular formula is C17H19N3OS. The molecule has 1 aliphatic rings. The van der Waals surface area contributed by atoms with Crippen LogP contribution in [0.1, 0.15) is 12.5 Å². The first-order valence-corrected chi connectivity index (χ1v) is 8.45. The summed E-state index contributed by atoms with van der Waals surface area (Å²) in [5.74, 6) is 0.00137. The Morgan fingerprint density at radius 1 is 1.09 bits per heavy atom. The van der Waals surface area contributed by atoms with Crippen molar-refractivity contribution in [1.82, 2.24) is 10.3 Å². The summed E-state index contributed by atoms with van der Waals surface area (Å²) in [6, 6.07) is 19.8. The van der Waals surface area contributed by atoms with Gasteiger partial charge in [0.2, 0.25) is 5.91 Å². The molecule has 0 aliphatic carbocycles. The van der Waals surface area contributed by atoms with E-state index in [1.54, 1.807) is 11.8 Å². The molecule has 4 nitrogen and oxygen atoms in total. The molecule has 0 spiro atoms. The molecule has 22 heavy (non-hydrogen) atoms. The van der Waals surface area contributed by atoms with Gasteiger partial charge < -0.3 is 10.7 Å². The highest BCUT2D eigenvalue weighted by atomic mass is 32.2. The summed E-state index contributed by atoms with van der Waals surface area (Å²) in [5, 5.41) is 5.04. The number of nitrogens with one attached hydrogen (secondary N) is 2. The van der Waals surface area contributed by atoms with E-state index in [-0.39, 0.29) is 11.4 Å². The molecule has 1 saturated heterocycles. The third kappa shape index (κ3) is 2.46. The Balaban J connectivity index is 2.00. The largest absolute Gasteiger partial charge is 0.328 e. The second kappa shape index (κ2) is 6.02. The van der Waals surface area contributed by atoms with E-state index in [0.29, 0.717) is 0 Å². The van der Waals surface area contributed by atoms with Gasteiger partial charge in [-0.15, -0.1) is 11.8 Å². The Morgan fingerprint density at radius 2 is 1.68 bits per heavy atom. The standard InChI is InChI=1S/C17H19N3OS/c1-17(13-9-5-3-6-10-13)15(21)18-16(22-2)20(17)19-14-11-7-4-8-12-14/h3-12,16,19H,1-2H3,(H,18,21). The van der Waals surface area contributed by atoms with E-state index < -0.39 is 5.54 Å². The summed E-state index contributed by atoms with van der Waals surface area (Å²) >= 11 is 1.59. The van der Waals surface area contributed by atoms with Crippen molar-refractivity contribution in [3.63, 3.8) is 0 Å². The molecule has 114 valence electrons. The van der Waals surface area contributed by atoms with Crippen LogP contribution >= 0.6 is 11.8 Å². The van der Waals surface area contributed by atoms with Crippen LogP contribution in [0, 0.1) is 0 Å². The molecule has 2 aromatic rings. The van der Waals surface area contributed by atoms with Crippen molar-refractivity contribution in [3.05, 3.63) is 66.2 Å². The number of hydrogen-bond donors (Lipinski definition) is 2. The van der Waals surface area contributed by atoms with Crippen molar-refractivity contribution in [2.75, 3.05) is 11.7 Å². The van der Waals surface area contributed by atoms with Crippen LogP contribution in [0.25, 0.3) is 0 Å². The minimum atomic E-state index is -0.759. The third-order valence-electron chi connectivity index (χ3n) is 4.00. The first kappa shape index (κ1) is 14.9. The molecule has 1 amide bonds. The Morgan fingerprint density at radius 3 is 2.27 bits per heavy atom. The number of hydrogen-bond acceptors (Lipinski definition) is 4. The van der Waals surface area contributed by atoms with Gasteiger partial charge in [-0.05, 0) is 30.9 Å². The summed E-state index contributed by atoms with van der Waals surface area (Å²) in [6.45, 7) is 1.95. The highest BCUT2D eigenvalue weighted by Gasteiger charge is 2.51. The second-order valence-electron chi connectivity index (χ2n) is 5.35. The van der Waals surface area contributed by atoms with E-state index in [1.165, 1.54) is 0 Å². The van der Waals surface area contributed by atoms with Crippen molar-refractivity contribution >= 4 is 23.4 Å². The Bertz CT molecular complexity index is 649. The van der Waals surface area contributed by atoms with E-state index in [9.17, 15) is 4.79 Å². The number of para-hydroxylation sites is 1. The molecule has 0 radical (unpaired) electrons. The molecular weight excluding hydrogens is 294 g/mol. The lowest BCUT2D eigenvalue weighted by Gasteiger charge is -2.35. The molecule has 2 atom stereocenters. The summed E-state index contributed by atoms with van der Waals surface area (Å²) < 4.78 is 0. The topological polar surface area (TPSA) is 44.4 Å². The van der Waals surface area contributed by atoms with E-state index in [1.807, 2.05) is 78.9 Å². The van der Waals surface area contributed by atoms with E-state index in [0.717, 1.165) is 11.3 Å². The van der Waals surface area contributed by atoms with Crippen LogP contribution in [0.15, 0.2) is 60.7 Å². The minimum Gasteiger partial charge on any atom is -0.328 e. The molecule has 0 aromatic heterocycles. The van der Waals surface area contributed by atoms with Crippen molar-refractivity contribution in [2.24, 2.45) is 0 Å². The number of thioether (sulfide) groups is 1. The lowest BCUT2D eigenvalue weighted by atomic mass is 9.92. The molecule has 5 heteroatoms. The van der Waals surface area contributed by atoms with Crippen molar-refractivity contribution in [1.29, 1.82) is 0 Å². The lowest BCUT2D eigenvalue weighted by Crippen LogP contribution is -2.48. The highest BCUT2D eigenvalue weighted by Crippen LogP contribution is 2.37. The van der Waals surface area contributed by atoms with Crippen LogP contribution in [-0.4, -0.2) is 22.7 Å². The monoisotopic (exact) mass is 313 g/mol. The van der Waals surface area contributed by atoms with Crippen LogP contribution in [-0.2, 0) is 10.3 Å². The third-order valence-corrected chi connectivity index (χ3v) is 4.77. The first-order chi connectivity index (χ1) is 10.7. The maximum absolute atomic E-state index is 12.7. The number of benzene rings is 2. The SMILES string of the molecule is CSC1NC(=O)C(C)(c2ccccc2)N1Nc1ccccc1. The van der Waals surface area contributed by atoms with Gasteiger partial charge in [0.15, 0.2) is 0 Å². The van der Waals surface area contributed by atoms with Gasteiger partial charge >= 0.3 is 0 Å². The number of anilines is 1. The van der Waals surface area contributed by atoms with Gasteiger partial charge in [0, 0.05) is 5.69 Å². The zero-order chi connectivity index (χ0) is 15.6. The predicted molar refractivity (Wildman–Crippen MR) is 91.1 cm³/mol. The van der Waals surface area contributed by atoms with Gasteiger partial charge in [0.25, 0.3) is 0 Å². The lowest BCUT2D eigenvalue weighted by molar-refractivity contribution is -0.125. The van der Waals surface area contributed by atoms with Gasteiger partial charge in [-0.25, -0.2) is 0 Å². The number of carbonyl (C=O) groups excluding carboxylic acids is 1. The number of carbonyl (C=O) groups is 1. The highest BCUT2D eigenvalue weighted by molar-refractivity contribution is 7.99. The van der Waals surface area contributed by atoms with Gasteiger partial charge in [-0.3, -0.25) is 4.79 Å². The van der Waals surface area contributed by atoms with E-state index >= 15 is 0 Å². The second-order valence-corrected chi connectivity index (χ2v) is 6.27. The number of nitrogens with zero attached hydrogens (tertiary/aromatic N) is 1. The van der Waals surface area contributed by atoms with Crippen molar-refractivity contribution in [3.8, 4) is 0 Å². The van der Waals surface area contributed by atoms with Gasteiger partial charge in [0.1, 0.15) is 11.0 Å². The van der Waals surface area contributed by atoms with Crippen LogP contribution in [0.4, 0.5) is 5.69 Å². The van der Waals surface area contributed by atoms with Crippen LogP contribution in [0.3, 0.4) is 0 Å². The minimum absolute atomic E-state index is 0.00137. The van der Waals surface area contributed by atoms with E-state index in [4.69, 9.17) is 0 Å². The Hall–Kier alpha value is -1.98. The molecule has 0 saturated carbocycles. The maximum Gasteiger partial charge on any atom is 0.248 e. The summed E-state index contributed by atoms with van der Waals surface area (Å²) in [6.07, 6.45) is 1.99. The average Bonchev–Trinajstić information content (AvgIpc) is 2.82. The molecule has 2 unspecified atom stereocenters. The normalized spacial score (nSPS) is 25.0. The molecule has 2 aromatic carbocycles. The fourth-order valence-corrected chi connectivity index (χ4v) is 3.38. The molecule has 2 N–H and O–H groups in total. The Kier molecular flexibility index (Phi) is 4.09. The zero-order valence-corrected chi connectivity index (χ0v) is 13.4. The molecule has 1 heterocycles. The molecule has 3 rings (SSSR count). The molecule has 1 aliphatic heterocycles. The van der Waals surface area contributed by atoms with Crippen LogP contribution < -0.4 is 10.7 Å². The number of hydrazine groups is 1. The van der Waals surface area contributed by atoms with Gasteiger partial charge in [0.05, 0.1) is 0 Å². The number of amides is 1. The van der Waals surface area contributed by atoms with Gasteiger partial charge in [-0.1, -0.05) is 48.5 Å². The molecule has 1 fully saturated rings. The van der Waals surface area contributed by atoms with Crippen LogP contribution in [0.2, 0.25) is 0 Å². The van der Waals surface area contributed by atoms with Crippen molar-refractivity contribution < 1.29 is 4.79 Å². The quantitative estimate of drug-likeness (QED) is 0.911. The summed E-state index contributed by atoms with van der Waals surface area (Å²) in [4.78, 5) is 12.7. The molecule has 0 bridgehead atoms. The zero-order valence-electron chi connectivity index (χ0n) is 12.6. The van der Waals surface area contributed by atoms with E-state index in [2.05, 4.69) is 10.7 Å². The smallest absolute Gasteiger partial charge is 0.248 e. The fraction of sp³-hybridized carbons (Fsp3) is 0.235. The summed E-state index contributed by atoms with van der Waals surface area (Å²) in [7, 11) is 0. The summed E-state index contributed by atoms with van der Waals surface area (Å²) in [5.41, 5.74) is 4.43. The number of rotatable bonds is 4. The van der Waals surface area contributed by atoms with Crippen molar-refractivity contribution in [2.45, 2.75) is 18.0 Å². The maximum atomic E-state index is 12.7. The van der Waals surface area contributed by atoms with Crippen LogP contribution in [0.5, 0.6) is 0 Å². The fourth-order valence-electron chi connectivity index (χ4n) is 2.68. The predicted octanol–water partition coefficient (Wildman–Crippen LogP) is 3.01. The first-order valence-electron chi connectivity index (χ1n) is 7.16. The van der Waals surface area contributed by atoms with Gasteiger partial charge in [-0.2, -0.15) is 5.01 Å². The Labute approximate surface area is 134 Å². The average molecular weight is 313 g/mol.